The van der Waals surface area contributed by atoms with Crippen LogP contribution in [0.25, 0.3) is 0 Å². The molecule has 0 spiro atoms. The average molecular weight is 669 g/mol. The maximum absolute atomic E-state index is 14.9. The van der Waals surface area contributed by atoms with Gasteiger partial charge in [-0.1, -0.05) is 41.9 Å². The Kier molecular flexibility index (Phi) is 9.67. The molecule has 47 heavy (non-hydrogen) atoms. The quantitative estimate of drug-likeness (QED) is 0.204. The Morgan fingerprint density at radius 1 is 0.957 bits per heavy atom. The topological polar surface area (TPSA) is 108 Å². The van der Waals surface area contributed by atoms with Crippen LogP contribution in [-0.4, -0.2) is 38.0 Å². The van der Waals surface area contributed by atoms with E-state index in [1.807, 2.05) is 0 Å². The number of benzene rings is 3. The second kappa shape index (κ2) is 13.5. The summed E-state index contributed by atoms with van der Waals surface area (Å²) in [6.45, 7) is 3.16. The number of halogens is 4. The zero-order valence-corrected chi connectivity index (χ0v) is 26.5. The van der Waals surface area contributed by atoms with Crippen LogP contribution in [0.15, 0.2) is 95.5 Å². The zero-order valence-electron chi connectivity index (χ0n) is 25.8. The number of rotatable bonds is 8. The van der Waals surface area contributed by atoms with Gasteiger partial charge in [-0.2, -0.15) is 13.2 Å². The molecule has 0 fully saturated rings. The minimum absolute atomic E-state index is 0.00273. The van der Waals surface area contributed by atoms with Gasteiger partial charge in [0.1, 0.15) is 17.5 Å². The molecule has 3 aromatic carbocycles. The molecule has 2 N–H and O–H groups in total. The number of carbonyl (C=O) groups is 3. The Balaban J connectivity index is 1.84. The summed E-state index contributed by atoms with van der Waals surface area (Å²) < 4.78 is 58.0. The van der Waals surface area contributed by atoms with Gasteiger partial charge in [-0.15, -0.1) is 0 Å². The molecular weight excluding hydrogens is 637 g/mol. The number of nitrogens with zero attached hydrogens (tertiary/aromatic N) is 1. The number of allylic oxidation sites excluding steroid dienone is 2. The molecule has 0 radical (unpaired) electrons. The van der Waals surface area contributed by atoms with Gasteiger partial charge in [0.2, 0.25) is 0 Å². The van der Waals surface area contributed by atoms with Gasteiger partial charge in [0.25, 0.3) is 0 Å². The van der Waals surface area contributed by atoms with Gasteiger partial charge < -0.3 is 19.9 Å². The van der Waals surface area contributed by atoms with E-state index in [4.69, 9.17) is 31.5 Å². The third-order valence-electron chi connectivity index (χ3n) is 8.23. The first kappa shape index (κ1) is 33.6. The number of methoxy groups -OCH3 is 1. The number of esters is 2. The highest BCUT2D eigenvalue weighted by atomic mass is 35.5. The number of alkyl halides is 3. The van der Waals surface area contributed by atoms with E-state index < -0.39 is 47.2 Å². The van der Waals surface area contributed by atoms with Crippen LogP contribution in [0.1, 0.15) is 48.8 Å². The lowest BCUT2D eigenvalue weighted by molar-refractivity contribution is -0.152. The van der Waals surface area contributed by atoms with Gasteiger partial charge in [0, 0.05) is 27.9 Å². The van der Waals surface area contributed by atoms with Crippen molar-refractivity contribution in [2.45, 2.75) is 38.3 Å². The molecule has 0 bridgehead atoms. The lowest BCUT2D eigenvalue weighted by atomic mass is 9.67. The monoisotopic (exact) mass is 668 g/mol. The minimum Gasteiger partial charge on any atom is -0.497 e. The predicted octanol–water partition coefficient (Wildman–Crippen LogP) is 6.89. The van der Waals surface area contributed by atoms with E-state index in [1.165, 1.54) is 24.1 Å². The number of hydrogen-bond acceptors (Lipinski definition) is 8. The first-order chi connectivity index (χ1) is 22.4. The van der Waals surface area contributed by atoms with E-state index in [0.29, 0.717) is 21.9 Å². The van der Waals surface area contributed by atoms with E-state index in [0.717, 1.165) is 12.1 Å². The van der Waals surface area contributed by atoms with Crippen molar-refractivity contribution in [1.29, 1.82) is 0 Å². The zero-order chi connectivity index (χ0) is 34.0. The number of anilines is 1. The Labute approximate surface area is 274 Å². The fourth-order valence-electron chi connectivity index (χ4n) is 6.23. The van der Waals surface area contributed by atoms with Gasteiger partial charge in [0.15, 0.2) is 5.78 Å². The smallest absolute Gasteiger partial charge is 0.416 e. The van der Waals surface area contributed by atoms with Crippen LogP contribution in [-0.2, 0) is 30.0 Å². The van der Waals surface area contributed by atoms with E-state index in [9.17, 15) is 27.6 Å². The average Bonchev–Trinajstić information content (AvgIpc) is 3.04. The summed E-state index contributed by atoms with van der Waals surface area (Å²) in [7, 11) is 1.48. The van der Waals surface area contributed by atoms with E-state index in [-0.39, 0.29) is 48.0 Å². The van der Waals surface area contributed by atoms with Crippen LogP contribution >= 0.6 is 11.6 Å². The molecule has 0 amide bonds. The van der Waals surface area contributed by atoms with Crippen molar-refractivity contribution >= 4 is 35.0 Å². The molecular formula is C35H32ClF3N2O6. The molecule has 0 saturated heterocycles. The second-order valence-electron chi connectivity index (χ2n) is 10.9. The third-order valence-corrected chi connectivity index (χ3v) is 8.48. The highest BCUT2D eigenvalue weighted by Gasteiger charge is 2.51. The largest absolute Gasteiger partial charge is 0.497 e. The Hall–Kier alpha value is -4.77. The van der Waals surface area contributed by atoms with Crippen LogP contribution in [0.5, 0.6) is 5.75 Å². The van der Waals surface area contributed by atoms with Crippen LogP contribution < -0.4 is 15.4 Å². The summed E-state index contributed by atoms with van der Waals surface area (Å²) in [6, 6.07) is 17.6. The van der Waals surface area contributed by atoms with Crippen molar-refractivity contribution in [2.24, 2.45) is 11.7 Å². The number of nitrogens with two attached hydrogens (primary N) is 1. The SMILES string of the molecule is CCOC(=O)C1=C(N)N(c2cccc(C(F)(F)F)c2)C2=C(C(=O)C(C(=O)OCC)C(c3cccc(OC)c3)C2)C1c1ccc(Cl)cc1. The van der Waals surface area contributed by atoms with Crippen LogP contribution in [0.2, 0.25) is 5.02 Å². The second-order valence-corrected chi connectivity index (χ2v) is 11.4. The molecule has 0 aromatic heterocycles. The molecule has 246 valence electrons. The fourth-order valence-corrected chi connectivity index (χ4v) is 6.36. The van der Waals surface area contributed by atoms with E-state index >= 15 is 0 Å². The van der Waals surface area contributed by atoms with Crippen molar-refractivity contribution in [3.05, 3.63) is 117 Å². The highest BCUT2D eigenvalue weighted by molar-refractivity contribution is 6.30. The highest BCUT2D eigenvalue weighted by Crippen LogP contribution is 2.52. The Morgan fingerprint density at radius 3 is 2.28 bits per heavy atom. The molecule has 3 atom stereocenters. The van der Waals surface area contributed by atoms with Crippen molar-refractivity contribution in [2.75, 3.05) is 25.2 Å². The number of ether oxygens (including phenoxy) is 3. The number of carbonyl (C=O) groups excluding carboxylic acids is 3. The Bertz CT molecular complexity index is 1770. The lowest BCUT2D eigenvalue weighted by Gasteiger charge is -2.44. The molecule has 12 heteroatoms. The molecule has 1 heterocycles. The number of hydrogen-bond donors (Lipinski definition) is 1. The summed E-state index contributed by atoms with van der Waals surface area (Å²) in [5.41, 5.74) is 6.85. The van der Waals surface area contributed by atoms with Crippen LogP contribution in [0, 0.1) is 5.92 Å². The molecule has 8 nitrogen and oxygen atoms in total. The summed E-state index contributed by atoms with van der Waals surface area (Å²) >= 11 is 6.18. The van der Waals surface area contributed by atoms with Crippen molar-refractivity contribution in [3.8, 4) is 5.75 Å². The maximum atomic E-state index is 14.9. The van der Waals surface area contributed by atoms with E-state index in [1.54, 1.807) is 62.4 Å². The number of Topliss-reactive ketones (excluding diaryl/α,β-unsaturated/α-hetero) is 1. The van der Waals surface area contributed by atoms with Gasteiger partial charge >= 0.3 is 18.1 Å². The molecule has 2 aliphatic rings. The molecule has 3 aromatic rings. The van der Waals surface area contributed by atoms with Crippen LogP contribution in [0.4, 0.5) is 18.9 Å². The molecule has 0 saturated carbocycles. The normalized spacial score (nSPS) is 19.8. The van der Waals surface area contributed by atoms with Gasteiger partial charge in [-0.05, 0) is 73.9 Å². The number of ketones is 1. The van der Waals surface area contributed by atoms with Gasteiger partial charge in [-0.25, -0.2) is 4.79 Å². The van der Waals surface area contributed by atoms with Crippen LogP contribution in [0.3, 0.4) is 0 Å². The third kappa shape index (κ3) is 6.44. The fraction of sp³-hybridized carbons (Fsp3) is 0.286. The Morgan fingerprint density at radius 2 is 1.64 bits per heavy atom. The minimum atomic E-state index is -4.70. The molecule has 1 aliphatic heterocycles. The van der Waals surface area contributed by atoms with Crippen molar-refractivity contribution in [1.82, 2.24) is 0 Å². The molecule has 1 aliphatic carbocycles. The molecule has 5 rings (SSSR count). The maximum Gasteiger partial charge on any atom is 0.416 e. The van der Waals surface area contributed by atoms with Crippen molar-refractivity contribution < 1.29 is 41.8 Å². The molecule has 3 unspecified atom stereocenters. The summed E-state index contributed by atoms with van der Waals surface area (Å²) in [6.07, 6.45) is -4.73. The van der Waals surface area contributed by atoms with Gasteiger partial charge in [-0.3, -0.25) is 14.5 Å². The first-order valence-electron chi connectivity index (χ1n) is 14.9. The van der Waals surface area contributed by atoms with Crippen molar-refractivity contribution in [3.63, 3.8) is 0 Å². The first-order valence-corrected chi connectivity index (χ1v) is 15.3. The lowest BCUT2D eigenvalue weighted by Crippen LogP contribution is -2.46. The standard InChI is InChI=1S/C35H32ClF3N2O6/c1-4-46-33(43)28-25(20-8-6-11-24(16-20)45-3)18-26-29(31(28)42)27(19-12-14-22(36)15-13-19)30(34(44)47-5-2)32(40)41(26)23-10-7-9-21(17-23)35(37,38)39/h6-17,25,27-28H,4-5,18,40H2,1-3H3. The summed E-state index contributed by atoms with van der Waals surface area (Å²) in [4.78, 5) is 43.5. The summed E-state index contributed by atoms with van der Waals surface area (Å²) in [5, 5.41) is 0.386. The summed E-state index contributed by atoms with van der Waals surface area (Å²) in [5.74, 6) is -5.38. The van der Waals surface area contributed by atoms with Gasteiger partial charge in [0.05, 0.1) is 37.4 Å². The van der Waals surface area contributed by atoms with E-state index in [2.05, 4.69) is 0 Å². The predicted molar refractivity (Wildman–Crippen MR) is 168 cm³/mol.